The van der Waals surface area contributed by atoms with Gasteiger partial charge in [0.2, 0.25) is 0 Å². The van der Waals surface area contributed by atoms with Crippen LogP contribution in [0.4, 0.5) is 0 Å². The second-order valence-electron chi connectivity index (χ2n) is 10.7. The molecular weight excluding hydrogens is 524 g/mol. The predicted octanol–water partition coefficient (Wildman–Crippen LogP) is 4.40. The van der Waals surface area contributed by atoms with E-state index in [4.69, 9.17) is 14.2 Å². The summed E-state index contributed by atoms with van der Waals surface area (Å²) in [6, 6.07) is 19.0. The summed E-state index contributed by atoms with van der Waals surface area (Å²) in [6.07, 6.45) is -1.25. The van der Waals surface area contributed by atoms with Gasteiger partial charge in [-0.05, 0) is 18.9 Å². The van der Waals surface area contributed by atoms with Crippen LogP contribution in [0.25, 0.3) is 0 Å². The van der Waals surface area contributed by atoms with Gasteiger partial charge in [-0.25, -0.2) is 0 Å². The number of methoxy groups -OCH3 is 2. The number of aromatic hydroxyl groups is 1. The third kappa shape index (κ3) is 3.74. The lowest BCUT2D eigenvalue weighted by Gasteiger charge is -2.57. The summed E-state index contributed by atoms with van der Waals surface area (Å²) in [5.41, 5.74) is 0.286. The van der Waals surface area contributed by atoms with Crippen molar-refractivity contribution in [2.45, 2.75) is 37.4 Å². The first-order valence-corrected chi connectivity index (χ1v) is 13.5. The minimum absolute atomic E-state index is 0.0326. The zero-order chi connectivity index (χ0) is 29.1. The van der Waals surface area contributed by atoms with Crippen LogP contribution in [0.2, 0.25) is 0 Å². The molecule has 8 nitrogen and oxygen atoms in total. The highest BCUT2D eigenvalue weighted by Crippen LogP contribution is 2.63. The molecule has 0 aromatic heterocycles. The number of hydrogen-bond acceptors (Lipinski definition) is 8. The average molecular weight is 555 g/mol. The molecule has 210 valence electrons. The SMILES string of the molecule is COC1=C(CCC(=O)c2ccccc2)C(=O)[C@@H]2C(=O)[C@H]1[C@H]1c3c(cc(O)c(C)c3OC)O[C@]2(c2ccccc2)[C@H]1O. The van der Waals surface area contributed by atoms with Gasteiger partial charge in [0.05, 0.1) is 20.1 Å². The molecule has 0 spiro atoms. The van der Waals surface area contributed by atoms with Crippen molar-refractivity contribution in [2.75, 3.05) is 14.2 Å². The number of phenols is 1. The summed E-state index contributed by atoms with van der Waals surface area (Å²) in [5.74, 6) is -3.90. The van der Waals surface area contributed by atoms with Crippen LogP contribution in [0.3, 0.4) is 0 Å². The molecule has 2 N–H and O–H groups in total. The van der Waals surface area contributed by atoms with Gasteiger partial charge in [0.25, 0.3) is 0 Å². The minimum Gasteiger partial charge on any atom is -0.507 e. The number of ketones is 3. The third-order valence-corrected chi connectivity index (χ3v) is 8.76. The molecule has 1 aliphatic heterocycles. The lowest BCUT2D eigenvalue weighted by Crippen LogP contribution is -2.68. The molecule has 3 aliphatic rings. The molecule has 41 heavy (non-hydrogen) atoms. The molecular formula is C33H30O8. The predicted molar refractivity (Wildman–Crippen MR) is 148 cm³/mol. The van der Waals surface area contributed by atoms with Crippen molar-refractivity contribution in [3.63, 3.8) is 0 Å². The Morgan fingerprint density at radius 1 is 1.00 bits per heavy atom. The number of ether oxygens (including phenoxy) is 3. The van der Waals surface area contributed by atoms with E-state index in [2.05, 4.69) is 0 Å². The molecule has 5 atom stereocenters. The highest BCUT2D eigenvalue weighted by atomic mass is 16.5. The van der Waals surface area contributed by atoms with E-state index in [0.29, 0.717) is 22.3 Å². The van der Waals surface area contributed by atoms with Crippen LogP contribution in [0.5, 0.6) is 17.2 Å². The number of benzene rings is 3. The van der Waals surface area contributed by atoms with Gasteiger partial charge in [0.15, 0.2) is 23.0 Å². The molecule has 4 bridgehead atoms. The van der Waals surface area contributed by atoms with Gasteiger partial charge in [-0.3, -0.25) is 14.4 Å². The Morgan fingerprint density at radius 2 is 1.66 bits per heavy atom. The van der Waals surface area contributed by atoms with E-state index in [9.17, 15) is 24.6 Å². The van der Waals surface area contributed by atoms with Crippen molar-refractivity contribution in [3.8, 4) is 17.2 Å². The molecule has 6 rings (SSSR count). The number of aliphatic hydroxyl groups is 1. The zero-order valence-corrected chi connectivity index (χ0v) is 22.9. The molecule has 0 amide bonds. The minimum atomic E-state index is -1.77. The fourth-order valence-electron chi connectivity index (χ4n) is 6.92. The molecule has 1 heterocycles. The molecule has 3 aromatic rings. The topological polar surface area (TPSA) is 119 Å². The van der Waals surface area contributed by atoms with Gasteiger partial charge in [0.1, 0.15) is 35.0 Å². The molecule has 2 aliphatic carbocycles. The molecule has 1 saturated carbocycles. The van der Waals surface area contributed by atoms with Gasteiger partial charge in [-0.1, -0.05) is 60.7 Å². The second kappa shape index (κ2) is 9.89. The van der Waals surface area contributed by atoms with Crippen LogP contribution in [0, 0.1) is 18.8 Å². The fraction of sp³-hybridized carbons (Fsp3) is 0.303. The lowest BCUT2D eigenvalue weighted by molar-refractivity contribution is -0.181. The number of allylic oxidation sites excluding steroid dienone is 2. The smallest absolute Gasteiger partial charge is 0.177 e. The Labute approximate surface area is 237 Å². The Balaban J connectivity index is 1.57. The van der Waals surface area contributed by atoms with Crippen molar-refractivity contribution in [1.82, 2.24) is 0 Å². The maximum Gasteiger partial charge on any atom is 0.177 e. The van der Waals surface area contributed by atoms with E-state index < -0.39 is 41.0 Å². The first-order chi connectivity index (χ1) is 19.8. The number of aliphatic hydroxyl groups excluding tert-OH is 1. The number of carbonyl (C=O) groups is 3. The number of rotatable bonds is 7. The highest BCUT2D eigenvalue weighted by Gasteiger charge is 2.70. The van der Waals surface area contributed by atoms with Gasteiger partial charge < -0.3 is 24.4 Å². The Bertz CT molecular complexity index is 1590. The number of carbonyl (C=O) groups excluding carboxylic acids is 3. The van der Waals surface area contributed by atoms with Gasteiger partial charge >= 0.3 is 0 Å². The van der Waals surface area contributed by atoms with E-state index in [1.807, 2.05) is 6.07 Å². The van der Waals surface area contributed by atoms with Crippen LogP contribution < -0.4 is 9.47 Å². The molecule has 1 fully saturated rings. The summed E-state index contributed by atoms with van der Waals surface area (Å²) in [4.78, 5) is 41.6. The standard InChI is InChI=1S/C33H30O8/c1-17-22(35)16-23-24(30(17)39-2)25-26-29(37)27(33(41-23,32(25)38)19-12-8-5-9-13-19)28(36)20(31(26)40-3)14-15-21(34)18-10-6-4-7-11-18/h4-13,16,25-27,32,35,38H,14-15H2,1-3H3/t25-,26-,27-,32+,33+/m1/s1. The Morgan fingerprint density at radius 3 is 2.29 bits per heavy atom. The van der Waals surface area contributed by atoms with Crippen molar-refractivity contribution in [1.29, 1.82) is 0 Å². The van der Waals surface area contributed by atoms with Crippen LogP contribution in [-0.4, -0.2) is 47.9 Å². The van der Waals surface area contributed by atoms with Crippen LogP contribution in [0.1, 0.15) is 45.8 Å². The summed E-state index contributed by atoms with van der Waals surface area (Å²) in [6.45, 7) is 1.67. The molecule has 3 aromatic carbocycles. The van der Waals surface area contributed by atoms with Gasteiger partial charge in [-0.2, -0.15) is 0 Å². The monoisotopic (exact) mass is 554 g/mol. The molecule has 0 saturated heterocycles. The first kappa shape index (κ1) is 26.8. The largest absolute Gasteiger partial charge is 0.507 e. The second-order valence-corrected chi connectivity index (χ2v) is 10.7. The van der Waals surface area contributed by atoms with E-state index in [-0.39, 0.29) is 47.2 Å². The Kier molecular flexibility index (Phi) is 6.46. The fourth-order valence-corrected chi connectivity index (χ4v) is 6.92. The summed E-state index contributed by atoms with van der Waals surface area (Å²) < 4.78 is 18.0. The summed E-state index contributed by atoms with van der Waals surface area (Å²) in [7, 11) is 2.83. The van der Waals surface area contributed by atoms with Crippen molar-refractivity contribution in [2.24, 2.45) is 11.8 Å². The van der Waals surface area contributed by atoms with Crippen molar-refractivity contribution in [3.05, 3.63) is 100 Å². The third-order valence-electron chi connectivity index (χ3n) is 8.76. The first-order valence-electron chi connectivity index (χ1n) is 13.5. The zero-order valence-electron chi connectivity index (χ0n) is 22.9. The number of Topliss-reactive ketones (excluding diaryl/α,β-unsaturated/α-hetero) is 3. The highest BCUT2D eigenvalue weighted by molar-refractivity contribution is 6.17. The van der Waals surface area contributed by atoms with Gasteiger partial charge in [-0.15, -0.1) is 0 Å². The maximum absolute atomic E-state index is 14.3. The number of fused-ring (bicyclic) bond motifs is 8. The summed E-state index contributed by atoms with van der Waals surface area (Å²) in [5, 5.41) is 22.9. The van der Waals surface area contributed by atoms with E-state index in [1.54, 1.807) is 61.5 Å². The molecule has 0 radical (unpaired) electrons. The van der Waals surface area contributed by atoms with Crippen LogP contribution in [0.15, 0.2) is 78.1 Å². The molecule has 8 heteroatoms. The van der Waals surface area contributed by atoms with E-state index in [1.165, 1.54) is 20.3 Å². The lowest BCUT2D eigenvalue weighted by atomic mass is 9.53. The molecule has 0 unspecified atom stereocenters. The van der Waals surface area contributed by atoms with Crippen LogP contribution in [-0.2, 0) is 19.9 Å². The normalized spacial score (nSPS) is 26.2. The van der Waals surface area contributed by atoms with E-state index >= 15 is 0 Å². The number of hydrogen-bond donors (Lipinski definition) is 2. The maximum atomic E-state index is 14.3. The van der Waals surface area contributed by atoms with Crippen LogP contribution >= 0.6 is 0 Å². The average Bonchev–Trinajstić information content (AvgIpc) is 2.98. The van der Waals surface area contributed by atoms with Crippen molar-refractivity contribution < 1.29 is 38.8 Å². The van der Waals surface area contributed by atoms with Crippen molar-refractivity contribution >= 4 is 17.3 Å². The number of phenolic OH excluding ortho intramolecular Hbond substituents is 1. The summed E-state index contributed by atoms with van der Waals surface area (Å²) >= 11 is 0. The Hall–Kier alpha value is -4.43. The van der Waals surface area contributed by atoms with E-state index in [0.717, 1.165) is 0 Å². The van der Waals surface area contributed by atoms with Gasteiger partial charge in [0, 0.05) is 40.7 Å². The quantitative estimate of drug-likeness (QED) is 0.326.